The Kier molecular flexibility index (Phi) is 4.92. The van der Waals surface area contributed by atoms with Gasteiger partial charge in [0.15, 0.2) is 6.54 Å². The standard InChI is InChI=1S/C21H25N5O2/c1-14-3-4-15(2)19(11-14)26-9-7-25(8-10-26)13-20(27)22-16-5-6-17-18(12-16)24-21(28)23-17/h3-6,11-12H,7-10,13H2,1-2H3,(H,22,27)(H2,23,24,28)/p+1. The minimum Gasteiger partial charge on any atom is -0.360 e. The van der Waals surface area contributed by atoms with Crippen LogP contribution in [0.25, 0.3) is 11.0 Å². The summed E-state index contributed by atoms with van der Waals surface area (Å²) in [5, 5.41) is 2.94. The van der Waals surface area contributed by atoms with Gasteiger partial charge in [-0.15, -0.1) is 0 Å². The lowest BCUT2D eigenvalue weighted by atomic mass is 10.1. The maximum absolute atomic E-state index is 12.4. The number of benzene rings is 2. The maximum Gasteiger partial charge on any atom is 0.323 e. The zero-order chi connectivity index (χ0) is 19.7. The van der Waals surface area contributed by atoms with Gasteiger partial charge in [-0.25, -0.2) is 4.79 Å². The molecule has 1 aromatic heterocycles. The van der Waals surface area contributed by atoms with Crippen LogP contribution in [0.1, 0.15) is 11.1 Å². The maximum atomic E-state index is 12.4. The van der Waals surface area contributed by atoms with Gasteiger partial charge in [0, 0.05) is 11.4 Å². The molecule has 28 heavy (non-hydrogen) atoms. The number of hydrogen-bond acceptors (Lipinski definition) is 3. The number of H-pyrrole nitrogens is 2. The first-order chi connectivity index (χ1) is 13.5. The van der Waals surface area contributed by atoms with Gasteiger partial charge in [0.1, 0.15) is 0 Å². The van der Waals surface area contributed by atoms with Crippen molar-refractivity contribution in [2.45, 2.75) is 13.8 Å². The van der Waals surface area contributed by atoms with Crippen LogP contribution < -0.4 is 20.8 Å². The highest BCUT2D eigenvalue weighted by atomic mass is 16.2. The molecule has 0 atom stereocenters. The van der Waals surface area contributed by atoms with E-state index in [-0.39, 0.29) is 11.6 Å². The van der Waals surface area contributed by atoms with E-state index in [9.17, 15) is 9.59 Å². The normalized spacial score (nSPS) is 15.1. The summed E-state index contributed by atoms with van der Waals surface area (Å²) in [5.74, 6) is -0.00702. The molecule has 0 unspecified atom stereocenters. The van der Waals surface area contributed by atoms with Crippen LogP contribution in [0.15, 0.2) is 41.2 Å². The molecule has 1 aliphatic rings. The Labute approximate surface area is 163 Å². The molecule has 0 spiro atoms. The fourth-order valence-corrected chi connectivity index (χ4v) is 3.84. The van der Waals surface area contributed by atoms with E-state index < -0.39 is 0 Å². The molecule has 0 radical (unpaired) electrons. The van der Waals surface area contributed by atoms with Gasteiger partial charge in [-0.3, -0.25) is 4.79 Å². The molecule has 146 valence electrons. The molecule has 2 heterocycles. The van der Waals surface area contributed by atoms with Crippen LogP contribution in [-0.4, -0.2) is 48.6 Å². The van der Waals surface area contributed by atoms with E-state index in [1.165, 1.54) is 21.7 Å². The molecule has 1 fully saturated rings. The lowest BCUT2D eigenvalue weighted by molar-refractivity contribution is -0.892. The van der Waals surface area contributed by atoms with E-state index in [1.807, 2.05) is 0 Å². The van der Waals surface area contributed by atoms with Crippen molar-refractivity contribution in [1.29, 1.82) is 0 Å². The molecule has 4 N–H and O–H groups in total. The molecule has 4 rings (SSSR count). The summed E-state index contributed by atoms with van der Waals surface area (Å²) in [6.45, 7) is 8.48. The number of anilines is 2. The topological polar surface area (TPSA) is 85.4 Å². The molecule has 1 amide bonds. The third kappa shape index (κ3) is 3.94. The lowest BCUT2D eigenvalue weighted by Gasteiger charge is -2.34. The fraction of sp³-hybridized carbons (Fsp3) is 0.333. The number of fused-ring (bicyclic) bond motifs is 1. The first-order valence-electron chi connectivity index (χ1n) is 9.65. The first-order valence-corrected chi connectivity index (χ1v) is 9.65. The van der Waals surface area contributed by atoms with Crippen LogP contribution in [0.2, 0.25) is 0 Å². The molecule has 0 bridgehead atoms. The third-order valence-corrected chi connectivity index (χ3v) is 5.39. The molecular weight excluding hydrogens is 354 g/mol. The van der Waals surface area contributed by atoms with Crippen molar-refractivity contribution < 1.29 is 9.69 Å². The van der Waals surface area contributed by atoms with E-state index in [0.717, 1.165) is 31.7 Å². The Morgan fingerprint density at radius 1 is 1.07 bits per heavy atom. The zero-order valence-corrected chi connectivity index (χ0v) is 16.3. The largest absolute Gasteiger partial charge is 0.360 e. The van der Waals surface area contributed by atoms with Gasteiger partial charge in [0.2, 0.25) is 0 Å². The molecule has 0 saturated carbocycles. The quantitative estimate of drug-likeness (QED) is 0.541. The smallest absolute Gasteiger partial charge is 0.323 e. The number of carbonyl (C=O) groups is 1. The third-order valence-electron chi connectivity index (χ3n) is 5.39. The number of nitrogens with one attached hydrogen (secondary N) is 4. The Bertz CT molecular complexity index is 1060. The van der Waals surface area contributed by atoms with Crippen molar-refractivity contribution in [3.05, 3.63) is 58.0 Å². The summed E-state index contributed by atoms with van der Waals surface area (Å²) in [4.78, 5) is 32.9. The molecule has 3 aromatic rings. The second-order valence-electron chi connectivity index (χ2n) is 7.59. The highest BCUT2D eigenvalue weighted by Crippen LogP contribution is 2.21. The van der Waals surface area contributed by atoms with Gasteiger partial charge in [0.25, 0.3) is 5.91 Å². The number of aromatic amines is 2. The summed E-state index contributed by atoms with van der Waals surface area (Å²) in [6, 6.07) is 11.9. The van der Waals surface area contributed by atoms with Gasteiger partial charge in [0.05, 0.1) is 37.2 Å². The number of carbonyl (C=O) groups excluding carboxylic acids is 1. The van der Waals surface area contributed by atoms with Crippen molar-refractivity contribution in [1.82, 2.24) is 9.97 Å². The van der Waals surface area contributed by atoms with Gasteiger partial charge >= 0.3 is 5.69 Å². The molecular formula is C21H26N5O2+. The summed E-state index contributed by atoms with van der Waals surface area (Å²) < 4.78 is 0. The van der Waals surface area contributed by atoms with E-state index in [2.05, 4.69) is 52.2 Å². The predicted octanol–water partition coefficient (Wildman–Crippen LogP) is 0.817. The number of nitrogens with zero attached hydrogens (tertiary/aromatic N) is 1. The highest BCUT2D eigenvalue weighted by molar-refractivity contribution is 5.93. The average Bonchev–Trinajstić information content (AvgIpc) is 3.03. The first kappa shape index (κ1) is 18.3. The van der Waals surface area contributed by atoms with Crippen LogP contribution in [0.5, 0.6) is 0 Å². The number of rotatable bonds is 4. The second kappa shape index (κ2) is 7.52. The van der Waals surface area contributed by atoms with Crippen LogP contribution in [0, 0.1) is 13.8 Å². The average molecular weight is 380 g/mol. The summed E-state index contributed by atoms with van der Waals surface area (Å²) in [7, 11) is 0. The predicted molar refractivity (Wildman–Crippen MR) is 111 cm³/mol. The van der Waals surface area contributed by atoms with Crippen LogP contribution >= 0.6 is 0 Å². The minimum atomic E-state index is -0.246. The van der Waals surface area contributed by atoms with Gasteiger partial charge in [-0.1, -0.05) is 12.1 Å². The minimum absolute atomic E-state index is 0.00702. The molecule has 7 heteroatoms. The Morgan fingerprint density at radius 2 is 1.82 bits per heavy atom. The monoisotopic (exact) mass is 380 g/mol. The molecule has 1 aliphatic heterocycles. The number of hydrogen-bond donors (Lipinski definition) is 4. The number of quaternary nitrogens is 1. The van der Waals surface area contributed by atoms with Crippen molar-refractivity contribution in [2.75, 3.05) is 42.9 Å². The van der Waals surface area contributed by atoms with Gasteiger partial charge in [-0.2, -0.15) is 0 Å². The van der Waals surface area contributed by atoms with Crippen LogP contribution in [0.3, 0.4) is 0 Å². The zero-order valence-electron chi connectivity index (χ0n) is 16.3. The summed E-state index contributed by atoms with van der Waals surface area (Å²) >= 11 is 0. The number of piperazine rings is 1. The van der Waals surface area contributed by atoms with Crippen molar-refractivity contribution in [3.63, 3.8) is 0 Å². The summed E-state index contributed by atoms with van der Waals surface area (Å²) in [6.07, 6.45) is 0. The molecule has 7 nitrogen and oxygen atoms in total. The molecule has 0 aliphatic carbocycles. The van der Waals surface area contributed by atoms with E-state index >= 15 is 0 Å². The number of amides is 1. The van der Waals surface area contributed by atoms with E-state index in [1.54, 1.807) is 18.2 Å². The SMILES string of the molecule is Cc1ccc(C)c(N2CC[NH+](CC(=O)Nc3ccc4[nH]c(=O)[nH]c4c3)CC2)c1. The van der Waals surface area contributed by atoms with Crippen molar-refractivity contribution in [3.8, 4) is 0 Å². The summed E-state index contributed by atoms with van der Waals surface area (Å²) in [5.41, 5.74) is 5.75. The van der Waals surface area contributed by atoms with Crippen LogP contribution in [-0.2, 0) is 4.79 Å². The Balaban J connectivity index is 1.33. The number of aryl methyl sites for hydroxylation is 2. The molecule has 2 aromatic carbocycles. The highest BCUT2D eigenvalue weighted by Gasteiger charge is 2.23. The van der Waals surface area contributed by atoms with Gasteiger partial charge < -0.3 is 25.1 Å². The number of aromatic nitrogens is 2. The Morgan fingerprint density at radius 3 is 2.61 bits per heavy atom. The van der Waals surface area contributed by atoms with Crippen molar-refractivity contribution in [2.24, 2.45) is 0 Å². The van der Waals surface area contributed by atoms with E-state index in [4.69, 9.17) is 0 Å². The Hall–Kier alpha value is -3.06. The van der Waals surface area contributed by atoms with Crippen molar-refractivity contribution >= 4 is 28.3 Å². The van der Waals surface area contributed by atoms with E-state index in [0.29, 0.717) is 17.7 Å². The number of imidazole rings is 1. The lowest BCUT2D eigenvalue weighted by Crippen LogP contribution is -3.15. The second-order valence-corrected chi connectivity index (χ2v) is 7.59. The van der Waals surface area contributed by atoms with Gasteiger partial charge in [-0.05, 0) is 49.2 Å². The fourth-order valence-electron chi connectivity index (χ4n) is 3.84. The van der Waals surface area contributed by atoms with Crippen LogP contribution in [0.4, 0.5) is 11.4 Å². The molecule has 1 saturated heterocycles.